The summed E-state index contributed by atoms with van der Waals surface area (Å²) in [6.07, 6.45) is 5.01. The van der Waals surface area contributed by atoms with Gasteiger partial charge in [-0.05, 0) is 75.1 Å². The number of nitriles is 1. The maximum absolute atomic E-state index is 12.7. The van der Waals surface area contributed by atoms with E-state index in [1.807, 2.05) is 38.1 Å². The number of aromatic amines is 1. The SMILES string of the molecule is CCCn1c(C)cc(/C=C(\C#N)C(=O)Nc2ccc(-c3n[nH]c(C4CC4)n3)cc2)c1C. The van der Waals surface area contributed by atoms with Gasteiger partial charge in [0.05, 0.1) is 0 Å². The average Bonchev–Trinajstić information content (AvgIpc) is 3.44. The molecule has 0 aliphatic heterocycles. The van der Waals surface area contributed by atoms with Gasteiger partial charge in [0.1, 0.15) is 17.5 Å². The second-order valence-corrected chi connectivity index (χ2v) is 8.00. The first-order chi connectivity index (χ1) is 15.0. The molecule has 7 heteroatoms. The summed E-state index contributed by atoms with van der Waals surface area (Å²) in [6.45, 7) is 7.09. The third-order valence-electron chi connectivity index (χ3n) is 5.59. The number of carbonyl (C=O) groups is 1. The summed E-state index contributed by atoms with van der Waals surface area (Å²) < 4.78 is 2.20. The topological polar surface area (TPSA) is 99.4 Å². The molecular weight excluding hydrogens is 388 g/mol. The van der Waals surface area contributed by atoms with Crippen LogP contribution in [0.15, 0.2) is 35.9 Å². The van der Waals surface area contributed by atoms with E-state index in [-0.39, 0.29) is 5.57 Å². The number of amides is 1. The predicted molar refractivity (Wildman–Crippen MR) is 120 cm³/mol. The minimum absolute atomic E-state index is 0.0730. The van der Waals surface area contributed by atoms with Crippen LogP contribution in [-0.2, 0) is 11.3 Å². The molecule has 0 atom stereocenters. The molecular formula is C24H26N6O. The number of hydrogen-bond acceptors (Lipinski definition) is 4. The van der Waals surface area contributed by atoms with Crippen molar-refractivity contribution in [1.29, 1.82) is 5.26 Å². The van der Waals surface area contributed by atoms with Crippen molar-refractivity contribution in [1.82, 2.24) is 19.7 Å². The lowest BCUT2D eigenvalue weighted by atomic mass is 10.1. The molecule has 3 aromatic rings. The Kier molecular flexibility index (Phi) is 5.72. The Balaban J connectivity index is 1.48. The molecule has 0 spiro atoms. The van der Waals surface area contributed by atoms with Gasteiger partial charge < -0.3 is 9.88 Å². The molecule has 2 aromatic heterocycles. The Bertz CT molecular complexity index is 1170. The van der Waals surface area contributed by atoms with Gasteiger partial charge in [-0.1, -0.05) is 6.92 Å². The van der Waals surface area contributed by atoms with E-state index in [0.29, 0.717) is 17.4 Å². The van der Waals surface area contributed by atoms with Crippen LogP contribution in [0.4, 0.5) is 5.69 Å². The molecule has 1 amide bonds. The summed E-state index contributed by atoms with van der Waals surface area (Å²) in [6, 6.07) is 11.4. The Labute approximate surface area is 181 Å². The van der Waals surface area contributed by atoms with Gasteiger partial charge in [-0.2, -0.15) is 10.4 Å². The van der Waals surface area contributed by atoms with Crippen molar-refractivity contribution in [3.05, 3.63) is 58.7 Å². The highest BCUT2D eigenvalue weighted by molar-refractivity contribution is 6.09. The van der Waals surface area contributed by atoms with Gasteiger partial charge in [-0.25, -0.2) is 4.98 Å². The van der Waals surface area contributed by atoms with Crippen molar-refractivity contribution in [2.45, 2.75) is 52.5 Å². The van der Waals surface area contributed by atoms with E-state index >= 15 is 0 Å². The molecule has 1 saturated carbocycles. The number of rotatable bonds is 7. The van der Waals surface area contributed by atoms with Crippen LogP contribution < -0.4 is 5.32 Å². The largest absolute Gasteiger partial charge is 0.349 e. The van der Waals surface area contributed by atoms with E-state index in [1.165, 1.54) is 0 Å². The van der Waals surface area contributed by atoms with Crippen LogP contribution in [0.5, 0.6) is 0 Å². The van der Waals surface area contributed by atoms with Crippen LogP contribution in [0.2, 0.25) is 0 Å². The molecule has 0 radical (unpaired) electrons. The normalized spacial score (nSPS) is 13.8. The summed E-state index contributed by atoms with van der Waals surface area (Å²) in [5.41, 5.74) is 4.63. The predicted octanol–water partition coefficient (Wildman–Crippen LogP) is 4.72. The van der Waals surface area contributed by atoms with Gasteiger partial charge >= 0.3 is 0 Å². The first-order valence-electron chi connectivity index (χ1n) is 10.6. The molecule has 0 unspecified atom stereocenters. The smallest absolute Gasteiger partial charge is 0.266 e. The number of anilines is 1. The summed E-state index contributed by atoms with van der Waals surface area (Å²) in [7, 11) is 0. The number of H-pyrrole nitrogens is 1. The molecule has 1 aliphatic rings. The quantitative estimate of drug-likeness (QED) is 0.431. The molecule has 7 nitrogen and oxygen atoms in total. The standard InChI is InChI=1S/C24H26N6O/c1-4-11-30-15(2)12-19(16(30)3)13-20(14-25)24(31)26-21-9-7-18(8-10-21)23-27-22(28-29-23)17-5-6-17/h7-10,12-13,17H,4-6,11H2,1-3H3,(H,26,31)(H,27,28,29)/b20-13+. The molecule has 1 aromatic carbocycles. The third-order valence-corrected chi connectivity index (χ3v) is 5.59. The van der Waals surface area contributed by atoms with Gasteiger partial charge in [0.25, 0.3) is 5.91 Å². The second kappa shape index (κ2) is 8.60. The average molecular weight is 415 g/mol. The van der Waals surface area contributed by atoms with E-state index in [1.54, 1.807) is 18.2 Å². The summed E-state index contributed by atoms with van der Waals surface area (Å²) in [5.74, 6) is 1.68. The van der Waals surface area contributed by atoms with Crippen molar-refractivity contribution < 1.29 is 4.79 Å². The van der Waals surface area contributed by atoms with Gasteiger partial charge in [-0.3, -0.25) is 9.89 Å². The molecule has 2 N–H and O–H groups in total. The Morgan fingerprint density at radius 3 is 2.71 bits per heavy atom. The number of aromatic nitrogens is 4. The van der Waals surface area contributed by atoms with Crippen LogP contribution >= 0.6 is 0 Å². The highest BCUT2D eigenvalue weighted by atomic mass is 16.1. The van der Waals surface area contributed by atoms with E-state index in [9.17, 15) is 10.1 Å². The lowest BCUT2D eigenvalue weighted by Crippen LogP contribution is -2.13. The van der Waals surface area contributed by atoms with Crippen LogP contribution in [0.3, 0.4) is 0 Å². The first-order valence-corrected chi connectivity index (χ1v) is 10.6. The first kappa shape index (κ1) is 20.6. The molecule has 2 heterocycles. The third kappa shape index (κ3) is 4.43. The van der Waals surface area contributed by atoms with E-state index in [2.05, 4.69) is 32.0 Å². The molecule has 31 heavy (non-hydrogen) atoms. The van der Waals surface area contributed by atoms with Gasteiger partial charge in [0.15, 0.2) is 5.82 Å². The number of nitrogens with zero attached hydrogens (tertiary/aromatic N) is 4. The number of carbonyl (C=O) groups excluding carboxylic acids is 1. The minimum Gasteiger partial charge on any atom is -0.349 e. The minimum atomic E-state index is -0.426. The molecule has 1 aliphatic carbocycles. The fourth-order valence-electron chi connectivity index (χ4n) is 3.69. The number of nitrogens with one attached hydrogen (secondary N) is 2. The van der Waals surface area contributed by atoms with Crippen molar-refractivity contribution in [2.24, 2.45) is 0 Å². The monoisotopic (exact) mass is 414 g/mol. The summed E-state index contributed by atoms with van der Waals surface area (Å²) >= 11 is 0. The number of aryl methyl sites for hydroxylation is 1. The van der Waals surface area contributed by atoms with Gasteiger partial charge in [0.2, 0.25) is 0 Å². The molecule has 0 bridgehead atoms. The van der Waals surface area contributed by atoms with Gasteiger partial charge in [0, 0.05) is 35.1 Å². The maximum atomic E-state index is 12.7. The Morgan fingerprint density at radius 1 is 1.32 bits per heavy atom. The number of benzene rings is 1. The zero-order valence-corrected chi connectivity index (χ0v) is 18.1. The molecule has 0 saturated heterocycles. The van der Waals surface area contributed by atoms with Crippen LogP contribution in [-0.4, -0.2) is 25.7 Å². The fraction of sp³-hybridized carbons (Fsp3) is 0.333. The maximum Gasteiger partial charge on any atom is 0.266 e. The Morgan fingerprint density at radius 2 is 2.06 bits per heavy atom. The molecule has 158 valence electrons. The second-order valence-electron chi connectivity index (χ2n) is 8.00. The summed E-state index contributed by atoms with van der Waals surface area (Å²) in [4.78, 5) is 17.2. The van der Waals surface area contributed by atoms with E-state index in [0.717, 1.165) is 54.1 Å². The van der Waals surface area contributed by atoms with Crippen molar-refractivity contribution in [3.63, 3.8) is 0 Å². The van der Waals surface area contributed by atoms with Crippen molar-refractivity contribution in [3.8, 4) is 17.5 Å². The van der Waals surface area contributed by atoms with E-state index in [4.69, 9.17) is 0 Å². The van der Waals surface area contributed by atoms with Gasteiger partial charge in [-0.15, -0.1) is 0 Å². The van der Waals surface area contributed by atoms with Crippen molar-refractivity contribution in [2.75, 3.05) is 5.32 Å². The van der Waals surface area contributed by atoms with Crippen LogP contribution in [0.1, 0.15) is 54.9 Å². The fourth-order valence-corrected chi connectivity index (χ4v) is 3.69. The lowest BCUT2D eigenvalue weighted by Gasteiger charge is -2.07. The highest BCUT2D eigenvalue weighted by Gasteiger charge is 2.27. The highest BCUT2D eigenvalue weighted by Crippen LogP contribution is 2.38. The van der Waals surface area contributed by atoms with E-state index < -0.39 is 5.91 Å². The molecule has 4 rings (SSSR count). The summed E-state index contributed by atoms with van der Waals surface area (Å²) in [5, 5.41) is 19.6. The van der Waals surface area contributed by atoms with Crippen molar-refractivity contribution >= 4 is 17.7 Å². The lowest BCUT2D eigenvalue weighted by molar-refractivity contribution is -0.112. The van der Waals surface area contributed by atoms with Crippen LogP contribution in [0.25, 0.3) is 17.5 Å². The zero-order chi connectivity index (χ0) is 22.0. The molecule has 1 fully saturated rings. The van der Waals surface area contributed by atoms with Crippen LogP contribution in [0, 0.1) is 25.2 Å². The Hall–Kier alpha value is -3.66. The number of hydrogen-bond donors (Lipinski definition) is 2. The zero-order valence-electron chi connectivity index (χ0n) is 18.1.